The molecule has 0 aliphatic rings. The molecule has 0 radical (unpaired) electrons. The summed E-state index contributed by atoms with van der Waals surface area (Å²) in [5.74, 6) is 0.222. The molecule has 0 spiro atoms. The van der Waals surface area contributed by atoms with Crippen LogP contribution in [0.2, 0.25) is 0 Å². The van der Waals surface area contributed by atoms with Crippen LogP contribution in [0.5, 0.6) is 0 Å². The van der Waals surface area contributed by atoms with Crippen molar-refractivity contribution in [3.63, 3.8) is 0 Å². The van der Waals surface area contributed by atoms with E-state index >= 15 is 0 Å². The van der Waals surface area contributed by atoms with Gasteiger partial charge in [-0.3, -0.25) is 0 Å². The Morgan fingerprint density at radius 2 is 1.72 bits per heavy atom. The first kappa shape index (κ1) is 13.1. The first-order chi connectivity index (χ1) is 8.63. The molecule has 0 aliphatic carbocycles. The van der Waals surface area contributed by atoms with E-state index < -0.39 is 6.10 Å². The van der Waals surface area contributed by atoms with Crippen molar-refractivity contribution in [2.45, 2.75) is 25.9 Å². The highest BCUT2D eigenvalue weighted by Gasteiger charge is 2.22. The SMILES string of the molecule is CC(C)[C@@H](O)[C@H](CN)c1ccc2ccccc2c1. The van der Waals surface area contributed by atoms with Crippen molar-refractivity contribution in [2.75, 3.05) is 6.54 Å². The molecule has 96 valence electrons. The number of aliphatic hydroxyl groups is 1. The van der Waals surface area contributed by atoms with Gasteiger partial charge in [0.2, 0.25) is 0 Å². The quantitative estimate of drug-likeness (QED) is 0.867. The van der Waals surface area contributed by atoms with Crippen molar-refractivity contribution in [1.29, 1.82) is 0 Å². The molecule has 2 aromatic rings. The van der Waals surface area contributed by atoms with Crippen molar-refractivity contribution in [3.8, 4) is 0 Å². The molecular formula is C16H21NO. The molecule has 2 rings (SSSR count). The average molecular weight is 243 g/mol. The van der Waals surface area contributed by atoms with Crippen LogP contribution in [-0.4, -0.2) is 17.8 Å². The molecule has 0 unspecified atom stereocenters. The molecule has 0 aromatic heterocycles. The fourth-order valence-corrected chi connectivity index (χ4v) is 2.38. The third-order valence-corrected chi connectivity index (χ3v) is 3.55. The number of rotatable bonds is 4. The summed E-state index contributed by atoms with van der Waals surface area (Å²) < 4.78 is 0. The first-order valence-electron chi connectivity index (χ1n) is 6.50. The second kappa shape index (κ2) is 5.51. The molecule has 2 heteroatoms. The average Bonchev–Trinajstić information content (AvgIpc) is 2.39. The monoisotopic (exact) mass is 243 g/mol. The number of hydrogen-bond acceptors (Lipinski definition) is 2. The lowest BCUT2D eigenvalue weighted by atomic mass is 9.86. The Morgan fingerprint density at radius 3 is 2.33 bits per heavy atom. The van der Waals surface area contributed by atoms with E-state index in [1.54, 1.807) is 0 Å². The zero-order chi connectivity index (χ0) is 13.1. The zero-order valence-corrected chi connectivity index (χ0v) is 11.0. The first-order valence-corrected chi connectivity index (χ1v) is 6.50. The molecular weight excluding hydrogens is 222 g/mol. The van der Waals surface area contributed by atoms with Crippen molar-refractivity contribution in [1.82, 2.24) is 0 Å². The van der Waals surface area contributed by atoms with Gasteiger partial charge < -0.3 is 10.8 Å². The minimum absolute atomic E-state index is 0.00889. The summed E-state index contributed by atoms with van der Waals surface area (Å²) in [6, 6.07) is 14.6. The second-order valence-electron chi connectivity index (χ2n) is 5.18. The topological polar surface area (TPSA) is 46.2 Å². The molecule has 2 nitrogen and oxygen atoms in total. The van der Waals surface area contributed by atoms with E-state index in [9.17, 15) is 5.11 Å². The highest BCUT2D eigenvalue weighted by molar-refractivity contribution is 5.83. The summed E-state index contributed by atoms with van der Waals surface area (Å²) in [5.41, 5.74) is 6.95. The predicted octanol–water partition coefficient (Wildman–Crippen LogP) is 2.90. The van der Waals surface area contributed by atoms with Crippen molar-refractivity contribution >= 4 is 10.8 Å². The Kier molecular flexibility index (Phi) is 4.00. The van der Waals surface area contributed by atoms with Crippen LogP contribution in [0.4, 0.5) is 0 Å². The lowest BCUT2D eigenvalue weighted by Gasteiger charge is -2.25. The summed E-state index contributed by atoms with van der Waals surface area (Å²) in [7, 11) is 0. The van der Waals surface area contributed by atoms with E-state index in [2.05, 4.69) is 30.3 Å². The Labute approximate surface area is 108 Å². The Morgan fingerprint density at radius 1 is 1.06 bits per heavy atom. The molecule has 2 atom stereocenters. The molecule has 18 heavy (non-hydrogen) atoms. The van der Waals surface area contributed by atoms with Gasteiger partial charge in [0.25, 0.3) is 0 Å². The fraction of sp³-hybridized carbons (Fsp3) is 0.375. The van der Waals surface area contributed by atoms with Gasteiger partial charge in [-0.1, -0.05) is 56.3 Å². The van der Waals surface area contributed by atoms with E-state index in [4.69, 9.17) is 5.73 Å². The lowest BCUT2D eigenvalue weighted by Crippen LogP contribution is -2.29. The standard InChI is InChI=1S/C16H21NO/c1-11(2)16(18)15(10-17)14-8-7-12-5-3-4-6-13(12)9-14/h3-9,11,15-16,18H,10,17H2,1-2H3/t15-,16-/m1/s1. The van der Waals surface area contributed by atoms with Gasteiger partial charge >= 0.3 is 0 Å². The Bertz CT molecular complexity index is 521. The number of benzene rings is 2. The normalized spacial score (nSPS) is 14.9. The van der Waals surface area contributed by atoms with Crippen LogP contribution in [0, 0.1) is 5.92 Å². The number of aliphatic hydroxyl groups excluding tert-OH is 1. The summed E-state index contributed by atoms with van der Waals surface area (Å²) in [6.07, 6.45) is -0.392. The molecule has 2 aromatic carbocycles. The maximum absolute atomic E-state index is 10.2. The van der Waals surface area contributed by atoms with Crippen LogP contribution in [0.3, 0.4) is 0 Å². The predicted molar refractivity (Wildman–Crippen MR) is 76.6 cm³/mol. The summed E-state index contributed by atoms with van der Waals surface area (Å²) in [5, 5.41) is 12.6. The summed E-state index contributed by atoms with van der Waals surface area (Å²) >= 11 is 0. The molecule has 0 amide bonds. The molecule has 0 fully saturated rings. The number of hydrogen-bond donors (Lipinski definition) is 2. The van der Waals surface area contributed by atoms with Gasteiger partial charge in [0, 0.05) is 12.5 Å². The van der Waals surface area contributed by atoms with Gasteiger partial charge in [-0.05, 0) is 22.3 Å². The van der Waals surface area contributed by atoms with Crippen LogP contribution in [0.25, 0.3) is 10.8 Å². The largest absolute Gasteiger partial charge is 0.392 e. The van der Waals surface area contributed by atoms with Crippen LogP contribution in [0.1, 0.15) is 25.3 Å². The maximum atomic E-state index is 10.2. The lowest BCUT2D eigenvalue weighted by molar-refractivity contribution is 0.0986. The van der Waals surface area contributed by atoms with Crippen LogP contribution in [-0.2, 0) is 0 Å². The van der Waals surface area contributed by atoms with Crippen molar-refractivity contribution in [3.05, 3.63) is 48.0 Å². The molecule has 0 saturated heterocycles. The third-order valence-electron chi connectivity index (χ3n) is 3.55. The van der Waals surface area contributed by atoms with Crippen molar-refractivity contribution in [2.24, 2.45) is 11.7 Å². The molecule has 0 bridgehead atoms. The fourth-order valence-electron chi connectivity index (χ4n) is 2.38. The van der Waals surface area contributed by atoms with Crippen LogP contribution in [0.15, 0.2) is 42.5 Å². The minimum atomic E-state index is -0.392. The third kappa shape index (κ3) is 2.55. The molecule has 3 N–H and O–H groups in total. The van der Waals surface area contributed by atoms with Gasteiger partial charge in [0.1, 0.15) is 0 Å². The molecule has 0 saturated carbocycles. The van der Waals surface area contributed by atoms with Gasteiger partial charge in [-0.2, -0.15) is 0 Å². The minimum Gasteiger partial charge on any atom is -0.392 e. The van der Waals surface area contributed by atoms with E-state index in [-0.39, 0.29) is 11.8 Å². The zero-order valence-electron chi connectivity index (χ0n) is 11.0. The van der Waals surface area contributed by atoms with Gasteiger partial charge in [-0.25, -0.2) is 0 Å². The maximum Gasteiger partial charge on any atom is 0.0643 e. The van der Waals surface area contributed by atoms with Gasteiger partial charge in [-0.15, -0.1) is 0 Å². The van der Waals surface area contributed by atoms with E-state index in [1.807, 2.05) is 26.0 Å². The summed E-state index contributed by atoms with van der Waals surface area (Å²) in [4.78, 5) is 0. The highest BCUT2D eigenvalue weighted by atomic mass is 16.3. The molecule has 0 heterocycles. The van der Waals surface area contributed by atoms with E-state index in [0.29, 0.717) is 6.54 Å². The van der Waals surface area contributed by atoms with Crippen LogP contribution >= 0.6 is 0 Å². The smallest absolute Gasteiger partial charge is 0.0643 e. The second-order valence-corrected chi connectivity index (χ2v) is 5.18. The summed E-state index contributed by atoms with van der Waals surface area (Å²) in [6.45, 7) is 4.51. The van der Waals surface area contributed by atoms with E-state index in [0.717, 1.165) is 5.56 Å². The van der Waals surface area contributed by atoms with E-state index in [1.165, 1.54) is 10.8 Å². The highest BCUT2D eigenvalue weighted by Crippen LogP contribution is 2.26. The van der Waals surface area contributed by atoms with Gasteiger partial charge in [0.05, 0.1) is 6.10 Å². The van der Waals surface area contributed by atoms with Crippen LogP contribution < -0.4 is 5.73 Å². The number of fused-ring (bicyclic) bond motifs is 1. The number of nitrogens with two attached hydrogens (primary N) is 1. The molecule has 0 aliphatic heterocycles. The van der Waals surface area contributed by atoms with Gasteiger partial charge in [0.15, 0.2) is 0 Å². The Hall–Kier alpha value is -1.38. The Balaban J connectivity index is 2.39. The van der Waals surface area contributed by atoms with Crippen molar-refractivity contribution < 1.29 is 5.11 Å².